The molecule has 3 N–H and O–H groups in total. The second kappa shape index (κ2) is 41.4. The Balaban J connectivity index is 4.05. The molecule has 0 aromatic rings. The number of phosphoric ester groups is 1. The van der Waals surface area contributed by atoms with E-state index < -0.39 is 26.5 Å². The summed E-state index contributed by atoms with van der Waals surface area (Å²) < 4.78 is 32.8. The van der Waals surface area contributed by atoms with Crippen LogP contribution in [-0.4, -0.2) is 49.3 Å². The van der Waals surface area contributed by atoms with Crippen LogP contribution in [-0.2, 0) is 32.7 Å². The van der Waals surface area contributed by atoms with Crippen LogP contribution in [0.2, 0.25) is 0 Å². The molecule has 0 fully saturated rings. The lowest BCUT2D eigenvalue weighted by molar-refractivity contribution is -0.161. The highest BCUT2D eigenvalue weighted by Gasteiger charge is 2.26. The quantitative estimate of drug-likeness (QED) is 0.0268. The van der Waals surface area contributed by atoms with Crippen molar-refractivity contribution in [3.63, 3.8) is 0 Å². The largest absolute Gasteiger partial charge is 0.472 e. The van der Waals surface area contributed by atoms with Crippen molar-refractivity contribution in [1.82, 2.24) is 0 Å². The van der Waals surface area contributed by atoms with E-state index in [1.54, 1.807) is 0 Å². The first-order valence-corrected chi connectivity index (χ1v) is 24.2. The number of rotatable bonds is 43. The highest BCUT2D eigenvalue weighted by molar-refractivity contribution is 7.47. The van der Waals surface area contributed by atoms with Gasteiger partial charge in [-0.15, -0.1) is 0 Å². The minimum absolute atomic E-state index is 0.0563. The molecular weight excluding hydrogens is 701 g/mol. The van der Waals surface area contributed by atoms with Crippen LogP contribution < -0.4 is 5.73 Å². The Morgan fingerprint density at radius 1 is 0.537 bits per heavy atom. The SMILES string of the molecule is CCCCCCCCC=CCCCCCCCCCCCCCC(=O)O[C@H](COC(=O)CCCCCCCCCCCCCC)COP(=O)(O)OCCN. The fourth-order valence-electron chi connectivity index (χ4n) is 6.51. The van der Waals surface area contributed by atoms with Gasteiger partial charge in [-0.25, -0.2) is 4.57 Å². The molecule has 10 heteroatoms. The minimum atomic E-state index is -4.37. The molecule has 0 heterocycles. The Kier molecular flexibility index (Phi) is 40.4. The number of esters is 2. The number of allylic oxidation sites excluding steroid dienone is 2. The third-order valence-corrected chi connectivity index (χ3v) is 10.9. The molecule has 54 heavy (non-hydrogen) atoms. The van der Waals surface area contributed by atoms with Crippen molar-refractivity contribution in [1.29, 1.82) is 0 Å². The summed E-state index contributed by atoms with van der Waals surface area (Å²) in [7, 11) is -4.37. The van der Waals surface area contributed by atoms with E-state index in [1.807, 2.05) is 0 Å². The van der Waals surface area contributed by atoms with Gasteiger partial charge in [-0.1, -0.05) is 187 Å². The first-order valence-electron chi connectivity index (χ1n) is 22.7. The van der Waals surface area contributed by atoms with Crippen molar-refractivity contribution in [2.75, 3.05) is 26.4 Å². The van der Waals surface area contributed by atoms with E-state index in [0.29, 0.717) is 6.42 Å². The molecule has 0 aliphatic heterocycles. The van der Waals surface area contributed by atoms with Crippen LogP contribution in [0.5, 0.6) is 0 Å². The number of carbonyl (C=O) groups excluding carboxylic acids is 2. The van der Waals surface area contributed by atoms with E-state index in [9.17, 15) is 19.0 Å². The van der Waals surface area contributed by atoms with Gasteiger partial charge in [0.05, 0.1) is 13.2 Å². The first kappa shape index (κ1) is 52.8. The first-order chi connectivity index (χ1) is 26.3. The number of carbonyl (C=O) groups is 2. The maximum Gasteiger partial charge on any atom is 0.472 e. The number of nitrogens with two attached hydrogens (primary N) is 1. The molecule has 0 aliphatic rings. The average Bonchev–Trinajstić information content (AvgIpc) is 3.16. The van der Waals surface area contributed by atoms with Crippen LogP contribution in [0.4, 0.5) is 0 Å². The van der Waals surface area contributed by atoms with Gasteiger partial charge in [0.25, 0.3) is 0 Å². The summed E-state index contributed by atoms with van der Waals surface area (Å²) >= 11 is 0. The Hall–Kier alpha value is -1.25. The van der Waals surface area contributed by atoms with Gasteiger partial charge in [0, 0.05) is 19.4 Å². The van der Waals surface area contributed by atoms with Crippen molar-refractivity contribution >= 4 is 19.8 Å². The molecule has 0 spiro atoms. The molecule has 0 radical (unpaired) electrons. The lowest BCUT2D eigenvalue weighted by Gasteiger charge is -2.19. The van der Waals surface area contributed by atoms with Gasteiger partial charge in [-0.2, -0.15) is 0 Å². The predicted octanol–water partition coefficient (Wildman–Crippen LogP) is 13.0. The molecule has 0 aliphatic carbocycles. The fraction of sp³-hybridized carbons (Fsp3) is 0.909. The van der Waals surface area contributed by atoms with E-state index in [0.717, 1.165) is 32.1 Å². The molecule has 320 valence electrons. The van der Waals surface area contributed by atoms with Gasteiger partial charge in [-0.05, 0) is 38.5 Å². The van der Waals surface area contributed by atoms with Crippen LogP contribution in [0.15, 0.2) is 12.2 Å². The van der Waals surface area contributed by atoms with E-state index in [-0.39, 0.29) is 38.6 Å². The van der Waals surface area contributed by atoms with Gasteiger partial charge in [0.1, 0.15) is 6.61 Å². The summed E-state index contributed by atoms with van der Waals surface area (Å²) in [5, 5.41) is 0. The zero-order valence-corrected chi connectivity index (χ0v) is 36.1. The van der Waals surface area contributed by atoms with Crippen molar-refractivity contribution < 1.29 is 37.6 Å². The van der Waals surface area contributed by atoms with E-state index in [4.69, 9.17) is 24.3 Å². The summed E-state index contributed by atoms with van der Waals surface area (Å²) in [5.41, 5.74) is 5.35. The summed E-state index contributed by atoms with van der Waals surface area (Å²) in [6, 6.07) is 0. The number of ether oxygens (including phenoxy) is 2. The van der Waals surface area contributed by atoms with Gasteiger partial charge in [0.2, 0.25) is 0 Å². The minimum Gasteiger partial charge on any atom is -0.462 e. The molecule has 2 atom stereocenters. The predicted molar refractivity (Wildman–Crippen MR) is 224 cm³/mol. The maximum atomic E-state index is 12.6. The summed E-state index contributed by atoms with van der Waals surface area (Å²) in [4.78, 5) is 34.9. The van der Waals surface area contributed by atoms with E-state index in [2.05, 4.69) is 26.0 Å². The molecule has 9 nitrogen and oxygen atoms in total. The molecule has 0 bridgehead atoms. The monoisotopic (exact) mass is 788 g/mol. The number of phosphoric acid groups is 1. The van der Waals surface area contributed by atoms with Gasteiger partial charge in [-0.3, -0.25) is 18.6 Å². The van der Waals surface area contributed by atoms with Gasteiger partial charge < -0.3 is 20.1 Å². The molecule has 0 amide bonds. The third-order valence-electron chi connectivity index (χ3n) is 9.90. The van der Waals surface area contributed by atoms with Crippen molar-refractivity contribution in [3.05, 3.63) is 12.2 Å². The zero-order chi connectivity index (χ0) is 39.6. The Morgan fingerprint density at radius 2 is 0.907 bits per heavy atom. The average molecular weight is 788 g/mol. The highest BCUT2D eigenvalue weighted by atomic mass is 31.2. The van der Waals surface area contributed by atoms with Crippen LogP contribution in [0.3, 0.4) is 0 Å². The second-order valence-corrected chi connectivity index (χ2v) is 16.7. The van der Waals surface area contributed by atoms with Crippen molar-refractivity contribution in [2.24, 2.45) is 5.73 Å². The molecule has 0 aromatic carbocycles. The van der Waals surface area contributed by atoms with Crippen LogP contribution in [0.1, 0.15) is 226 Å². The fourth-order valence-corrected chi connectivity index (χ4v) is 7.28. The normalized spacial score (nSPS) is 13.3. The maximum absolute atomic E-state index is 12.6. The van der Waals surface area contributed by atoms with Crippen molar-refractivity contribution in [2.45, 2.75) is 232 Å². The van der Waals surface area contributed by atoms with Crippen LogP contribution in [0.25, 0.3) is 0 Å². The summed E-state index contributed by atoms with van der Waals surface area (Å²) in [5.74, 6) is -0.819. The van der Waals surface area contributed by atoms with E-state index >= 15 is 0 Å². The molecule has 0 saturated carbocycles. The van der Waals surface area contributed by atoms with Gasteiger partial charge in [0.15, 0.2) is 6.10 Å². The van der Waals surface area contributed by atoms with Crippen LogP contribution >= 0.6 is 7.82 Å². The molecule has 0 rings (SSSR count). The summed E-state index contributed by atoms with van der Waals surface area (Å²) in [6.07, 6.45) is 42.4. The number of hydrogen-bond donors (Lipinski definition) is 2. The molecular formula is C44H86NO8P. The zero-order valence-electron chi connectivity index (χ0n) is 35.2. The van der Waals surface area contributed by atoms with Crippen molar-refractivity contribution in [3.8, 4) is 0 Å². The molecule has 1 unspecified atom stereocenters. The second-order valence-electron chi connectivity index (χ2n) is 15.3. The van der Waals surface area contributed by atoms with Gasteiger partial charge >= 0.3 is 19.8 Å². The summed E-state index contributed by atoms with van der Waals surface area (Å²) in [6.45, 7) is 3.75. The lowest BCUT2D eigenvalue weighted by atomic mass is 10.0. The number of hydrogen-bond acceptors (Lipinski definition) is 8. The smallest absolute Gasteiger partial charge is 0.462 e. The topological polar surface area (TPSA) is 134 Å². The van der Waals surface area contributed by atoms with E-state index in [1.165, 1.54) is 161 Å². The number of unbranched alkanes of at least 4 members (excludes halogenated alkanes) is 28. The third kappa shape index (κ3) is 40.4. The lowest BCUT2D eigenvalue weighted by Crippen LogP contribution is -2.29. The molecule has 0 aromatic heterocycles. The Labute approximate surface area is 332 Å². The Bertz CT molecular complexity index is 902. The highest BCUT2D eigenvalue weighted by Crippen LogP contribution is 2.43. The Morgan fingerprint density at radius 3 is 1.31 bits per heavy atom. The molecule has 0 saturated heterocycles. The van der Waals surface area contributed by atoms with Crippen LogP contribution in [0, 0.1) is 0 Å². The standard InChI is InChI=1S/C44H86NO8P/c1-3-5-7-9-11-13-15-17-18-19-20-21-22-23-24-25-27-29-31-33-35-37-44(47)53-42(41-52-54(48,49)51-39-38-45)40-50-43(46)36-34-32-30-28-26-16-14-12-10-8-6-4-2/h17-18,42H,3-16,19-41,45H2,1-2H3,(H,48,49)/t42-/m1/s1.